The Balaban J connectivity index is 1.93. The van der Waals surface area contributed by atoms with Gasteiger partial charge in [-0.05, 0) is 30.3 Å². The van der Waals surface area contributed by atoms with Gasteiger partial charge in [0.2, 0.25) is 0 Å². The van der Waals surface area contributed by atoms with Crippen molar-refractivity contribution in [1.29, 1.82) is 0 Å². The summed E-state index contributed by atoms with van der Waals surface area (Å²) in [5.74, 6) is -3.08. The van der Waals surface area contributed by atoms with Crippen LogP contribution in [0.1, 0.15) is 17.2 Å². The minimum absolute atomic E-state index is 0.0361. The Morgan fingerprint density at radius 1 is 0.935 bits per heavy atom. The van der Waals surface area contributed by atoms with Gasteiger partial charge in [-0.2, -0.15) is 0 Å². The number of aliphatic hydroxyl groups is 1. The zero-order valence-corrected chi connectivity index (χ0v) is 15.9. The number of benzene rings is 3. The van der Waals surface area contributed by atoms with Crippen molar-refractivity contribution in [3.05, 3.63) is 111 Å². The fourth-order valence-electron chi connectivity index (χ4n) is 3.58. The summed E-state index contributed by atoms with van der Waals surface area (Å²) in [5.41, 5.74) is -0.00707. The SMILES string of the molecule is O=C1C(=O)N(c2ccccc2)[C@@H](c2ccccc2F)C1=C(O)c1ccc([N+](=O)[O-])cc1. The fraction of sp³-hybridized carbons (Fsp3) is 0.0435. The number of nitro benzene ring substituents is 1. The lowest BCUT2D eigenvalue weighted by Gasteiger charge is -2.25. The maximum atomic E-state index is 14.7. The minimum atomic E-state index is -1.21. The van der Waals surface area contributed by atoms with Gasteiger partial charge in [0.1, 0.15) is 11.6 Å². The Kier molecular flexibility index (Phi) is 5.04. The van der Waals surface area contributed by atoms with Crippen LogP contribution in [-0.4, -0.2) is 21.7 Å². The number of carbonyl (C=O) groups excluding carboxylic acids is 2. The predicted molar refractivity (Wildman–Crippen MR) is 111 cm³/mol. The van der Waals surface area contributed by atoms with Crippen LogP contribution < -0.4 is 4.90 Å². The Bertz CT molecular complexity index is 1220. The molecule has 7 nitrogen and oxygen atoms in total. The molecule has 0 saturated carbocycles. The van der Waals surface area contributed by atoms with Crippen LogP contribution in [0.3, 0.4) is 0 Å². The van der Waals surface area contributed by atoms with Gasteiger partial charge in [-0.25, -0.2) is 4.39 Å². The standard InChI is InChI=1S/C23H15FN2O5/c24-18-9-5-4-8-17(18)20-19(21(27)14-10-12-16(13-11-14)26(30)31)22(28)23(29)25(20)15-6-2-1-3-7-15/h1-13,20,27H/t20-/m0/s1. The second-order valence-corrected chi connectivity index (χ2v) is 6.83. The summed E-state index contributed by atoms with van der Waals surface area (Å²) in [5, 5.41) is 21.8. The van der Waals surface area contributed by atoms with E-state index >= 15 is 0 Å². The van der Waals surface area contributed by atoms with E-state index in [9.17, 15) is 29.2 Å². The van der Waals surface area contributed by atoms with Gasteiger partial charge < -0.3 is 5.11 Å². The normalized spacial score (nSPS) is 17.7. The molecule has 3 aromatic carbocycles. The lowest BCUT2D eigenvalue weighted by atomic mass is 9.94. The monoisotopic (exact) mass is 418 g/mol. The van der Waals surface area contributed by atoms with Crippen LogP contribution in [-0.2, 0) is 9.59 Å². The molecule has 0 radical (unpaired) electrons. The first kappa shape index (κ1) is 20.0. The molecule has 1 N–H and O–H groups in total. The van der Waals surface area contributed by atoms with Crippen molar-refractivity contribution >= 4 is 28.8 Å². The van der Waals surface area contributed by atoms with E-state index < -0.39 is 34.2 Å². The highest BCUT2D eigenvalue weighted by Crippen LogP contribution is 2.42. The van der Waals surface area contributed by atoms with Crippen LogP contribution >= 0.6 is 0 Å². The van der Waals surface area contributed by atoms with Crippen molar-refractivity contribution in [3.8, 4) is 0 Å². The fourth-order valence-corrected chi connectivity index (χ4v) is 3.58. The summed E-state index contributed by atoms with van der Waals surface area (Å²) in [4.78, 5) is 37.3. The topological polar surface area (TPSA) is 101 Å². The van der Waals surface area contributed by atoms with E-state index in [4.69, 9.17) is 0 Å². The second-order valence-electron chi connectivity index (χ2n) is 6.83. The molecule has 3 aromatic rings. The van der Waals surface area contributed by atoms with Crippen molar-refractivity contribution in [2.45, 2.75) is 6.04 Å². The predicted octanol–water partition coefficient (Wildman–Crippen LogP) is 4.36. The minimum Gasteiger partial charge on any atom is -0.507 e. The first-order chi connectivity index (χ1) is 14.9. The Morgan fingerprint density at radius 2 is 1.55 bits per heavy atom. The van der Waals surface area contributed by atoms with Crippen molar-refractivity contribution in [2.24, 2.45) is 0 Å². The quantitative estimate of drug-likeness (QED) is 0.223. The maximum absolute atomic E-state index is 14.7. The van der Waals surface area contributed by atoms with Gasteiger partial charge in [-0.3, -0.25) is 24.6 Å². The molecule has 0 unspecified atom stereocenters. The van der Waals surface area contributed by atoms with Gasteiger partial charge >= 0.3 is 0 Å². The number of para-hydroxylation sites is 1. The van der Waals surface area contributed by atoms with E-state index in [0.717, 1.165) is 4.90 Å². The summed E-state index contributed by atoms with van der Waals surface area (Å²) < 4.78 is 14.7. The Hall–Kier alpha value is -4.33. The van der Waals surface area contributed by atoms with Gasteiger partial charge in [0.15, 0.2) is 0 Å². The summed E-state index contributed by atoms with van der Waals surface area (Å²) >= 11 is 0. The molecule has 31 heavy (non-hydrogen) atoms. The molecule has 1 amide bonds. The summed E-state index contributed by atoms with van der Waals surface area (Å²) in [6.45, 7) is 0. The average molecular weight is 418 g/mol. The molecule has 1 saturated heterocycles. The molecule has 0 bridgehead atoms. The number of hydrogen-bond donors (Lipinski definition) is 1. The Labute approximate surface area is 175 Å². The highest BCUT2D eigenvalue weighted by atomic mass is 19.1. The third-order valence-electron chi connectivity index (χ3n) is 5.03. The van der Waals surface area contributed by atoms with Crippen molar-refractivity contribution in [1.82, 2.24) is 0 Å². The summed E-state index contributed by atoms with van der Waals surface area (Å²) in [6, 6.07) is 17.6. The molecular formula is C23H15FN2O5. The van der Waals surface area contributed by atoms with E-state index in [1.54, 1.807) is 36.4 Å². The highest BCUT2D eigenvalue weighted by Gasteiger charge is 2.47. The molecule has 8 heteroatoms. The van der Waals surface area contributed by atoms with Crippen LogP contribution in [0.5, 0.6) is 0 Å². The molecule has 0 aromatic heterocycles. The van der Waals surface area contributed by atoms with Crippen LogP contribution in [0.25, 0.3) is 5.76 Å². The number of Topliss-reactive ketones (excluding diaryl/α,β-unsaturated/α-hetero) is 1. The number of anilines is 1. The van der Waals surface area contributed by atoms with Crippen molar-refractivity contribution in [2.75, 3.05) is 4.90 Å². The van der Waals surface area contributed by atoms with E-state index in [1.165, 1.54) is 42.5 Å². The number of non-ortho nitro benzene ring substituents is 1. The van der Waals surface area contributed by atoms with E-state index in [2.05, 4.69) is 0 Å². The third kappa shape index (κ3) is 3.44. The number of nitro groups is 1. The highest BCUT2D eigenvalue weighted by molar-refractivity contribution is 6.51. The van der Waals surface area contributed by atoms with Gasteiger partial charge in [0, 0.05) is 28.9 Å². The molecule has 4 rings (SSSR count). The zero-order chi connectivity index (χ0) is 22.1. The molecule has 1 heterocycles. The lowest BCUT2D eigenvalue weighted by molar-refractivity contribution is -0.384. The number of hydrogen-bond acceptors (Lipinski definition) is 5. The first-order valence-corrected chi connectivity index (χ1v) is 9.25. The van der Waals surface area contributed by atoms with E-state index in [1.807, 2.05) is 0 Å². The molecule has 0 spiro atoms. The number of carbonyl (C=O) groups is 2. The number of ketones is 1. The van der Waals surface area contributed by atoms with Gasteiger partial charge in [-0.1, -0.05) is 36.4 Å². The van der Waals surface area contributed by atoms with Gasteiger partial charge in [-0.15, -0.1) is 0 Å². The lowest BCUT2D eigenvalue weighted by Crippen LogP contribution is -2.29. The number of aliphatic hydroxyl groups excluding tert-OH is 1. The molecule has 154 valence electrons. The van der Waals surface area contributed by atoms with Crippen LogP contribution in [0, 0.1) is 15.9 Å². The van der Waals surface area contributed by atoms with Crippen LogP contribution in [0.15, 0.2) is 84.4 Å². The smallest absolute Gasteiger partial charge is 0.300 e. The average Bonchev–Trinajstić information content (AvgIpc) is 3.04. The number of halogens is 1. The molecule has 1 aliphatic heterocycles. The molecular weight excluding hydrogens is 403 g/mol. The largest absolute Gasteiger partial charge is 0.507 e. The van der Waals surface area contributed by atoms with E-state index in [-0.39, 0.29) is 22.4 Å². The number of rotatable bonds is 4. The summed E-state index contributed by atoms with van der Waals surface area (Å²) in [7, 11) is 0. The maximum Gasteiger partial charge on any atom is 0.300 e. The first-order valence-electron chi connectivity index (χ1n) is 9.25. The van der Waals surface area contributed by atoms with Gasteiger partial charge in [0.05, 0.1) is 16.5 Å². The van der Waals surface area contributed by atoms with Crippen molar-refractivity contribution < 1.29 is 24.0 Å². The van der Waals surface area contributed by atoms with Crippen molar-refractivity contribution in [3.63, 3.8) is 0 Å². The number of amides is 1. The van der Waals surface area contributed by atoms with E-state index in [0.29, 0.717) is 5.69 Å². The molecule has 0 aliphatic carbocycles. The Morgan fingerprint density at radius 3 is 2.16 bits per heavy atom. The second kappa shape index (κ2) is 7.83. The summed E-state index contributed by atoms with van der Waals surface area (Å²) in [6.07, 6.45) is 0. The molecule has 1 atom stereocenters. The zero-order valence-electron chi connectivity index (χ0n) is 15.9. The van der Waals surface area contributed by atoms with Gasteiger partial charge in [0.25, 0.3) is 17.4 Å². The van der Waals surface area contributed by atoms with Crippen LogP contribution in [0.4, 0.5) is 15.8 Å². The third-order valence-corrected chi connectivity index (χ3v) is 5.03. The molecule has 1 aliphatic rings. The van der Waals surface area contributed by atoms with Crippen LogP contribution in [0.2, 0.25) is 0 Å². The molecule has 1 fully saturated rings. The number of nitrogens with zero attached hydrogens (tertiary/aromatic N) is 2.